The monoisotopic (exact) mass is 421 g/mol. The molecule has 2 fully saturated rings. The van der Waals surface area contributed by atoms with Gasteiger partial charge in [0.2, 0.25) is 5.91 Å². The van der Waals surface area contributed by atoms with Gasteiger partial charge in [0.25, 0.3) is 0 Å². The molecule has 0 saturated carbocycles. The zero-order valence-electron chi connectivity index (χ0n) is 17.7. The number of carbonyl (C=O) groups is 2. The van der Waals surface area contributed by atoms with Gasteiger partial charge in [0.1, 0.15) is 6.54 Å². The van der Waals surface area contributed by atoms with Crippen molar-refractivity contribution in [3.05, 3.63) is 29.3 Å². The Hall–Kier alpha value is -2.09. The number of anilines is 1. The number of amides is 3. The maximum Gasteiger partial charge on any atom is 0.325 e. The van der Waals surface area contributed by atoms with Crippen LogP contribution in [-0.2, 0) is 14.6 Å². The van der Waals surface area contributed by atoms with Gasteiger partial charge >= 0.3 is 6.03 Å². The summed E-state index contributed by atoms with van der Waals surface area (Å²) in [5.74, 6) is -0.263. The molecule has 2 heterocycles. The Kier molecular flexibility index (Phi) is 6.22. The van der Waals surface area contributed by atoms with Crippen LogP contribution in [0.5, 0.6) is 0 Å². The smallest absolute Gasteiger partial charge is 0.325 e. The first kappa shape index (κ1) is 21.6. The van der Waals surface area contributed by atoms with Crippen LogP contribution < -0.4 is 4.90 Å². The van der Waals surface area contributed by atoms with Gasteiger partial charge in [-0.2, -0.15) is 0 Å². The molecule has 29 heavy (non-hydrogen) atoms. The van der Waals surface area contributed by atoms with Crippen LogP contribution in [0.1, 0.15) is 37.8 Å². The molecule has 1 aromatic rings. The number of carbonyl (C=O) groups excluding carboxylic acids is 2. The standard InChI is InChI=1S/C21H31N3O4S/c1-5-7-22(8-6-2)20(25)12-23-18-13-29(27,28)14-19(18)24(21(23)26)17-10-15(3)9-16(4)11-17/h9-11,18-19H,5-8,12-14H2,1-4H3/t18-,19+/m0/s1. The van der Waals surface area contributed by atoms with E-state index >= 15 is 0 Å². The van der Waals surface area contributed by atoms with Gasteiger partial charge in [0.15, 0.2) is 9.84 Å². The lowest BCUT2D eigenvalue weighted by atomic mass is 10.1. The van der Waals surface area contributed by atoms with Gasteiger partial charge in [-0.15, -0.1) is 0 Å². The van der Waals surface area contributed by atoms with Crippen LogP contribution in [0.3, 0.4) is 0 Å². The molecule has 2 atom stereocenters. The quantitative estimate of drug-likeness (QED) is 0.633. The highest BCUT2D eigenvalue weighted by molar-refractivity contribution is 7.91. The minimum absolute atomic E-state index is 0.0608. The highest BCUT2D eigenvalue weighted by Crippen LogP contribution is 2.35. The van der Waals surface area contributed by atoms with Crippen LogP contribution in [-0.4, -0.2) is 73.4 Å². The molecule has 1 aromatic carbocycles. The molecular weight excluding hydrogens is 390 g/mol. The van der Waals surface area contributed by atoms with E-state index in [4.69, 9.17) is 0 Å². The molecule has 8 heteroatoms. The second-order valence-electron chi connectivity index (χ2n) is 8.22. The molecule has 0 spiro atoms. The fourth-order valence-electron chi connectivity index (χ4n) is 4.50. The Bertz CT molecular complexity index is 873. The van der Waals surface area contributed by atoms with Gasteiger partial charge in [0, 0.05) is 18.8 Å². The van der Waals surface area contributed by atoms with Crippen molar-refractivity contribution >= 4 is 27.5 Å². The predicted octanol–water partition coefficient (Wildman–Crippen LogP) is 2.36. The van der Waals surface area contributed by atoms with E-state index < -0.39 is 21.9 Å². The molecule has 0 aliphatic carbocycles. The van der Waals surface area contributed by atoms with Crippen molar-refractivity contribution in [3.63, 3.8) is 0 Å². The van der Waals surface area contributed by atoms with Crippen molar-refractivity contribution in [3.8, 4) is 0 Å². The van der Waals surface area contributed by atoms with E-state index in [0.717, 1.165) is 24.0 Å². The SMILES string of the molecule is CCCN(CCC)C(=O)CN1C(=O)N(c2cc(C)cc(C)c2)[C@@H]2CS(=O)(=O)C[C@@H]21. The van der Waals surface area contributed by atoms with E-state index in [9.17, 15) is 18.0 Å². The van der Waals surface area contributed by atoms with Gasteiger partial charge in [-0.1, -0.05) is 19.9 Å². The van der Waals surface area contributed by atoms with E-state index in [1.54, 1.807) is 9.80 Å². The summed E-state index contributed by atoms with van der Waals surface area (Å²) in [4.78, 5) is 31.0. The van der Waals surface area contributed by atoms with Gasteiger partial charge in [-0.3, -0.25) is 9.69 Å². The van der Waals surface area contributed by atoms with Crippen LogP contribution in [0.4, 0.5) is 10.5 Å². The topological polar surface area (TPSA) is 78.0 Å². The minimum Gasteiger partial charge on any atom is -0.341 e. The molecule has 0 bridgehead atoms. The summed E-state index contributed by atoms with van der Waals surface area (Å²) in [6.45, 7) is 9.14. The van der Waals surface area contributed by atoms with Gasteiger partial charge in [-0.25, -0.2) is 13.2 Å². The number of fused-ring (bicyclic) bond motifs is 1. The second-order valence-corrected chi connectivity index (χ2v) is 10.4. The van der Waals surface area contributed by atoms with Crippen molar-refractivity contribution in [2.24, 2.45) is 0 Å². The average molecular weight is 422 g/mol. The zero-order valence-corrected chi connectivity index (χ0v) is 18.5. The molecule has 160 valence electrons. The third-order valence-corrected chi connectivity index (χ3v) is 7.31. The Labute approximate surface area is 173 Å². The molecule has 0 aromatic heterocycles. The third kappa shape index (κ3) is 4.42. The van der Waals surface area contributed by atoms with Crippen LogP contribution in [0.15, 0.2) is 18.2 Å². The van der Waals surface area contributed by atoms with E-state index in [0.29, 0.717) is 18.8 Å². The highest BCUT2D eigenvalue weighted by Gasteiger charge is 2.54. The van der Waals surface area contributed by atoms with Crippen molar-refractivity contribution < 1.29 is 18.0 Å². The fourth-order valence-corrected chi connectivity index (χ4v) is 6.45. The molecule has 2 aliphatic heterocycles. The number of aryl methyl sites for hydroxylation is 2. The van der Waals surface area contributed by atoms with Gasteiger partial charge in [0.05, 0.1) is 23.6 Å². The number of sulfone groups is 1. The van der Waals surface area contributed by atoms with Crippen molar-refractivity contribution in [1.29, 1.82) is 0 Å². The summed E-state index contributed by atoms with van der Waals surface area (Å²) in [6.07, 6.45) is 1.68. The van der Waals surface area contributed by atoms with E-state index in [1.807, 2.05) is 45.9 Å². The number of rotatable bonds is 7. The summed E-state index contributed by atoms with van der Waals surface area (Å²) in [5, 5.41) is 0. The Morgan fingerprint density at radius 2 is 1.59 bits per heavy atom. The summed E-state index contributed by atoms with van der Waals surface area (Å²) in [6, 6.07) is 4.61. The number of benzene rings is 1. The molecule has 0 N–H and O–H groups in total. The summed E-state index contributed by atoms with van der Waals surface area (Å²) < 4.78 is 24.7. The molecule has 0 unspecified atom stereocenters. The lowest BCUT2D eigenvalue weighted by molar-refractivity contribution is -0.132. The Morgan fingerprint density at radius 1 is 1.03 bits per heavy atom. The third-order valence-electron chi connectivity index (χ3n) is 5.61. The Balaban J connectivity index is 1.92. The number of hydrogen-bond acceptors (Lipinski definition) is 4. The zero-order chi connectivity index (χ0) is 21.3. The Morgan fingerprint density at radius 3 is 2.14 bits per heavy atom. The predicted molar refractivity (Wildman–Crippen MR) is 114 cm³/mol. The number of urea groups is 1. The van der Waals surface area contributed by atoms with E-state index in [1.165, 1.54) is 4.90 Å². The molecule has 3 amide bonds. The van der Waals surface area contributed by atoms with E-state index in [-0.39, 0.29) is 30.0 Å². The maximum absolute atomic E-state index is 13.3. The highest BCUT2D eigenvalue weighted by atomic mass is 32.2. The summed E-state index contributed by atoms with van der Waals surface area (Å²) >= 11 is 0. The number of nitrogens with zero attached hydrogens (tertiary/aromatic N) is 3. The van der Waals surface area contributed by atoms with Crippen molar-refractivity contribution in [2.45, 2.75) is 52.6 Å². The second kappa shape index (κ2) is 8.34. The average Bonchev–Trinajstić information content (AvgIpc) is 3.04. The maximum atomic E-state index is 13.3. The fraction of sp³-hybridized carbons (Fsp3) is 0.619. The van der Waals surface area contributed by atoms with Crippen molar-refractivity contribution in [1.82, 2.24) is 9.80 Å². The first-order valence-corrected chi connectivity index (χ1v) is 12.1. The number of hydrogen-bond donors (Lipinski definition) is 0. The van der Waals surface area contributed by atoms with Crippen LogP contribution in [0.25, 0.3) is 0 Å². The molecule has 3 rings (SSSR count). The molecule has 2 saturated heterocycles. The molecular formula is C21H31N3O4S. The van der Waals surface area contributed by atoms with Crippen molar-refractivity contribution in [2.75, 3.05) is 36.0 Å². The molecule has 0 radical (unpaired) electrons. The molecule has 2 aliphatic rings. The van der Waals surface area contributed by atoms with Gasteiger partial charge < -0.3 is 9.80 Å². The lowest BCUT2D eigenvalue weighted by Crippen LogP contribution is -2.46. The van der Waals surface area contributed by atoms with Gasteiger partial charge in [-0.05, 0) is 49.9 Å². The minimum atomic E-state index is -3.26. The summed E-state index contributed by atoms with van der Waals surface area (Å²) in [5.41, 5.74) is 2.72. The largest absolute Gasteiger partial charge is 0.341 e. The first-order valence-electron chi connectivity index (χ1n) is 10.3. The lowest BCUT2D eigenvalue weighted by Gasteiger charge is -2.27. The van der Waals surface area contributed by atoms with Crippen LogP contribution in [0, 0.1) is 13.8 Å². The van der Waals surface area contributed by atoms with E-state index in [2.05, 4.69) is 0 Å². The van der Waals surface area contributed by atoms with Crippen LogP contribution >= 0.6 is 0 Å². The molecule has 7 nitrogen and oxygen atoms in total. The normalized spacial score (nSPS) is 22.8. The summed E-state index contributed by atoms with van der Waals surface area (Å²) in [7, 11) is -3.26. The van der Waals surface area contributed by atoms with Crippen LogP contribution in [0.2, 0.25) is 0 Å². The first-order chi connectivity index (χ1) is 13.7.